The van der Waals surface area contributed by atoms with Crippen LogP contribution < -0.4 is 0 Å². The highest BCUT2D eigenvalue weighted by molar-refractivity contribution is 6.02. The van der Waals surface area contributed by atoms with E-state index in [9.17, 15) is 14.7 Å². The number of carbonyl (C=O) groups excluding carboxylic acids is 1. The van der Waals surface area contributed by atoms with Crippen LogP contribution in [0.1, 0.15) is 126 Å². The number of hydrogen-bond donors (Lipinski definition) is 1. The maximum Gasteiger partial charge on any atom is 0.339 e. The first-order chi connectivity index (χ1) is 18.5. The van der Waals surface area contributed by atoms with E-state index in [1.165, 1.54) is 63.0 Å². The summed E-state index contributed by atoms with van der Waals surface area (Å²) in [6.45, 7) is 12.4. The Kier molecular flexibility index (Phi) is 8.06. The number of benzene rings is 1. The molecule has 1 N–H and O–H groups in total. The fraction of sp³-hybridized carbons (Fsp3) is 0.714. The van der Waals surface area contributed by atoms with Crippen LogP contribution in [0.25, 0.3) is 0 Å². The van der Waals surface area contributed by atoms with Crippen LogP contribution in [0.15, 0.2) is 35.9 Å². The molecule has 1 aromatic rings. The standard InChI is InChI=1S/C35H50O4/c1-22(2)9-8-10-23(3)29-15-16-30-28-14-13-24-21-25(17-19-34(24,4)31(28)18-20-35(29,30)5)39-33(38)27-12-7-6-11-26(27)32(36)37/h6-7,11-13,22-23,25,28-31H,8-10,14-21H2,1-5H3,(H,36,37)/t23-,25+,28-,29+,30+,31-,34-,35+/m0/s1. The highest BCUT2D eigenvalue weighted by atomic mass is 16.5. The van der Waals surface area contributed by atoms with Crippen LogP contribution in [-0.4, -0.2) is 23.1 Å². The second-order valence-corrected chi connectivity index (χ2v) is 14.4. The van der Waals surface area contributed by atoms with E-state index in [0.29, 0.717) is 5.41 Å². The highest BCUT2D eigenvalue weighted by Crippen LogP contribution is 2.67. The lowest BCUT2D eigenvalue weighted by molar-refractivity contribution is -0.0594. The van der Waals surface area contributed by atoms with Gasteiger partial charge >= 0.3 is 11.9 Å². The summed E-state index contributed by atoms with van der Waals surface area (Å²) in [6.07, 6.45) is 15.9. The highest BCUT2D eigenvalue weighted by Gasteiger charge is 2.59. The Hall–Kier alpha value is -2.10. The van der Waals surface area contributed by atoms with Crippen molar-refractivity contribution in [2.45, 2.75) is 111 Å². The predicted octanol–water partition coefficient (Wildman–Crippen LogP) is 8.95. The van der Waals surface area contributed by atoms with Crippen molar-refractivity contribution in [1.29, 1.82) is 0 Å². The van der Waals surface area contributed by atoms with Gasteiger partial charge in [-0.1, -0.05) is 77.7 Å². The number of esters is 1. The monoisotopic (exact) mass is 534 g/mol. The molecule has 0 unspecified atom stereocenters. The van der Waals surface area contributed by atoms with Crippen molar-refractivity contribution in [3.05, 3.63) is 47.0 Å². The molecule has 0 amide bonds. The number of carbonyl (C=O) groups is 2. The topological polar surface area (TPSA) is 63.6 Å². The molecular formula is C35H50O4. The first-order valence-electron chi connectivity index (χ1n) is 15.8. The molecule has 39 heavy (non-hydrogen) atoms. The number of allylic oxidation sites excluding steroid dienone is 1. The zero-order valence-corrected chi connectivity index (χ0v) is 24.9. The molecule has 4 nitrogen and oxygen atoms in total. The van der Waals surface area contributed by atoms with Gasteiger partial charge < -0.3 is 9.84 Å². The average molecular weight is 535 g/mol. The summed E-state index contributed by atoms with van der Waals surface area (Å²) in [4.78, 5) is 24.5. The molecule has 214 valence electrons. The van der Waals surface area contributed by atoms with Gasteiger partial charge in [-0.15, -0.1) is 0 Å². The van der Waals surface area contributed by atoms with Crippen LogP contribution >= 0.6 is 0 Å². The lowest BCUT2D eigenvalue weighted by Crippen LogP contribution is -2.51. The van der Waals surface area contributed by atoms with Gasteiger partial charge in [0.2, 0.25) is 0 Å². The minimum Gasteiger partial charge on any atom is -0.478 e. The molecule has 3 saturated carbocycles. The molecule has 0 bridgehead atoms. The zero-order valence-electron chi connectivity index (χ0n) is 24.9. The first-order valence-corrected chi connectivity index (χ1v) is 15.8. The van der Waals surface area contributed by atoms with E-state index in [-0.39, 0.29) is 22.6 Å². The number of aromatic carboxylic acids is 1. The summed E-state index contributed by atoms with van der Waals surface area (Å²) in [5.41, 5.74) is 2.34. The quantitative estimate of drug-likeness (QED) is 0.267. The van der Waals surface area contributed by atoms with Crippen molar-refractivity contribution >= 4 is 11.9 Å². The molecule has 0 aromatic heterocycles. The van der Waals surface area contributed by atoms with Crippen molar-refractivity contribution in [3.8, 4) is 0 Å². The molecule has 4 heteroatoms. The van der Waals surface area contributed by atoms with Gasteiger partial charge in [0, 0.05) is 6.42 Å². The lowest BCUT2D eigenvalue weighted by atomic mass is 9.47. The maximum atomic E-state index is 12.9. The molecule has 5 rings (SSSR count). The average Bonchev–Trinajstić information content (AvgIpc) is 3.26. The number of rotatable bonds is 8. The van der Waals surface area contributed by atoms with Gasteiger partial charge in [0.25, 0.3) is 0 Å². The Bertz CT molecular complexity index is 1100. The van der Waals surface area contributed by atoms with Gasteiger partial charge in [0.05, 0.1) is 11.1 Å². The summed E-state index contributed by atoms with van der Waals surface area (Å²) in [6, 6.07) is 6.37. The van der Waals surface area contributed by atoms with Crippen LogP contribution in [0.3, 0.4) is 0 Å². The second-order valence-electron chi connectivity index (χ2n) is 14.4. The van der Waals surface area contributed by atoms with Gasteiger partial charge in [-0.05, 0) is 103 Å². The third kappa shape index (κ3) is 5.22. The third-order valence-corrected chi connectivity index (χ3v) is 11.9. The largest absolute Gasteiger partial charge is 0.478 e. The Morgan fingerprint density at radius 3 is 2.44 bits per heavy atom. The minimum absolute atomic E-state index is 0.0113. The molecule has 0 spiro atoms. The molecule has 4 aliphatic carbocycles. The molecular weight excluding hydrogens is 484 g/mol. The Morgan fingerprint density at radius 2 is 1.72 bits per heavy atom. The van der Waals surface area contributed by atoms with E-state index < -0.39 is 11.9 Å². The van der Waals surface area contributed by atoms with Crippen LogP contribution in [0.5, 0.6) is 0 Å². The van der Waals surface area contributed by atoms with E-state index >= 15 is 0 Å². The SMILES string of the molecule is CC(C)CCC[C@H](C)[C@H]1CC[C@@H]2[C@@H]3CC=C4C[C@H](OC(=O)c5ccccc5C(=O)O)CC[C@]4(C)[C@H]3CC[C@@]21C. The fourth-order valence-corrected chi connectivity index (χ4v) is 9.82. The van der Waals surface area contributed by atoms with Gasteiger partial charge in [-0.25, -0.2) is 9.59 Å². The number of fused-ring (bicyclic) bond motifs is 5. The van der Waals surface area contributed by atoms with Crippen molar-refractivity contribution in [2.75, 3.05) is 0 Å². The van der Waals surface area contributed by atoms with Gasteiger partial charge in [-0.3, -0.25) is 0 Å². The minimum atomic E-state index is -1.09. The van der Waals surface area contributed by atoms with Gasteiger partial charge in [0.1, 0.15) is 6.10 Å². The van der Waals surface area contributed by atoms with Crippen molar-refractivity contribution < 1.29 is 19.4 Å². The Morgan fingerprint density at radius 1 is 0.974 bits per heavy atom. The number of hydrogen-bond acceptors (Lipinski definition) is 3. The molecule has 0 heterocycles. The molecule has 3 fully saturated rings. The molecule has 8 atom stereocenters. The normalized spacial score (nSPS) is 36.4. The molecule has 4 aliphatic rings. The van der Waals surface area contributed by atoms with E-state index in [2.05, 4.69) is 40.7 Å². The zero-order chi connectivity index (χ0) is 27.9. The Labute approximate surface area is 236 Å². The summed E-state index contributed by atoms with van der Waals surface area (Å²) < 4.78 is 5.93. The number of carboxylic acid groups (broad SMARTS) is 1. The van der Waals surface area contributed by atoms with E-state index in [0.717, 1.165) is 54.8 Å². The number of carboxylic acids is 1. The summed E-state index contributed by atoms with van der Waals surface area (Å²) in [5.74, 6) is 3.26. The van der Waals surface area contributed by atoms with Crippen LogP contribution in [0.4, 0.5) is 0 Å². The fourth-order valence-electron chi connectivity index (χ4n) is 9.82. The van der Waals surface area contributed by atoms with Gasteiger partial charge in [-0.2, -0.15) is 0 Å². The summed E-state index contributed by atoms with van der Waals surface area (Å²) >= 11 is 0. The van der Waals surface area contributed by atoms with E-state index in [1.54, 1.807) is 18.2 Å². The van der Waals surface area contributed by atoms with Crippen molar-refractivity contribution in [1.82, 2.24) is 0 Å². The van der Waals surface area contributed by atoms with Gasteiger partial charge in [0.15, 0.2) is 0 Å². The summed E-state index contributed by atoms with van der Waals surface area (Å²) in [7, 11) is 0. The smallest absolute Gasteiger partial charge is 0.339 e. The third-order valence-electron chi connectivity index (χ3n) is 11.9. The maximum absolute atomic E-state index is 12.9. The van der Waals surface area contributed by atoms with Crippen LogP contribution in [-0.2, 0) is 4.74 Å². The predicted molar refractivity (Wildman–Crippen MR) is 156 cm³/mol. The van der Waals surface area contributed by atoms with Crippen molar-refractivity contribution in [2.24, 2.45) is 46.3 Å². The van der Waals surface area contributed by atoms with Crippen molar-refractivity contribution in [3.63, 3.8) is 0 Å². The summed E-state index contributed by atoms with van der Waals surface area (Å²) in [5, 5.41) is 9.49. The first kappa shape index (κ1) is 28.4. The molecule has 0 saturated heterocycles. The second kappa shape index (κ2) is 11.1. The van der Waals surface area contributed by atoms with E-state index in [4.69, 9.17) is 4.74 Å². The molecule has 1 aromatic carbocycles. The van der Waals surface area contributed by atoms with Crippen LogP contribution in [0.2, 0.25) is 0 Å². The van der Waals surface area contributed by atoms with E-state index in [1.807, 2.05) is 0 Å². The van der Waals surface area contributed by atoms with Crippen LogP contribution in [0, 0.1) is 46.3 Å². The molecule has 0 radical (unpaired) electrons. The Balaban J connectivity index is 1.26. The molecule has 0 aliphatic heterocycles. The lowest BCUT2D eigenvalue weighted by Gasteiger charge is -2.58. The number of ether oxygens (including phenoxy) is 1.